The third-order valence-electron chi connectivity index (χ3n) is 4.15. The van der Waals surface area contributed by atoms with Crippen LogP contribution in [0.25, 0.3) is 5.57 Å². The van der Waals surface area contributed by atoms with Crippen LogP contribution in [-0.2, 0) is 0 Å². The Morgan fingerprint density at radius 2 is 1.63 bits per heavy atom. The van der Waals surface area contributed by atoms with Crippen molar-refractivity contribution in [2.45, 2.75) is 41.5 Å². The summed E-state index contributed by atoms with van der Waals surface area (Å²) in [5.74, 6) is 0. The summed E-state index contributed by atoms with van der Waals surface area (Å²) >= 11 is 0. The highest BCUT2D eigenvalue weighted by Gasteiger charge is 2.21. The minimum Gasteiger partial charge on any atom is -0.358 e. The highest BCUT2D eigenvalue weighted by molar-refractivity contribution is 6.04. The fourth-order valence-corrected chi connectivity index (χ4v) is 2.35. The molecule has 98 valence electrons. The molecule has 1 aliphatic heterocycles. The van der Waals surface area contributed by atoms with Gasteiger partial charge in [0.25, 0.3) is 0 Å². The molecule has 0 unspecified atom stereocenters. The molecule has 0 radical (unpaired) electrons. The maximum Gasteiger partial charge on any atom is 0.104 e. The number of hydrogen-bond acceptors (Lipinski definition) is 2. The van der Waals surface area contributed by atoms with E-state index in [4.69, 9.17) is 0 Å². The second kappa shape index (κ2) is 4.55. The average Bonchev–Trinajstić information content (AvgIpc) is 2.77. The highest BCUT2D eigenvalue weighted by Crippen LogP contribution is 2.33. The van der Waals surface area contributed by atoms with Crippen LogP contribution in [0.1, 0.15) is 43.3 Å². The lowest BCUT2D eigenvalue weighted by atomic mass is 10.0. The number of rotatable bonds is 1. The van der Waals surface area contributed by atoms with Crippen LogP contribution in [0.4, 0.5) is 0 Å². The molecule has 0 spiro atoms. The molecular weight excluding hydrogens is 234 g/mol. The molecule has 0 bridgehead atoms. The number of aromatic amines is 1. The van der Waals surface area contributed by atoms with Crippen LogP contribution >= 0.6 is 0 Å². The van der Waals surface area contributed by atoms with Gasteiger partial charge in [0.15, 0.2) is 0 Å². The molecule has 1 aliphatic rings. The van der Waals surface area contributed by atoms with Gasteiger partial charge in [-0.15, -0.1) is 0 Å². The number of nitrogens with one attached hydrogen (secondary N) is 1. The summed E-state index contributed by atoms with van der Waals surface area (Å²) in [6.45, 7) is 12.2. The molecule has 1 aromatic heterocycles. The van der Waals surface area contributed by atoms with Crippen molar-refractivity contribution < 1.29 is 0 Å². The SMILES string of the molecule is CC1=N/C(=C(/C#N)c2[nH]c(C)c(C)c2C)C(C)=C1C. The standard InChI is InChI=1S/C16H19N3/c1-8-10(3)15(18-12(8)5)14(7-17)16-11(4)9(2)13(6)19-16/h18H,1-6H3/b16-14-. The van der Waals surface area contributed by atoms with Gasteiger partial charge in [-0.05, 0) is 63.8 Å². The van der Waals surface area contributed by atoms with Crippen LogP contribution in [0.2, 0.25) is 0 Å². The first-order valence-corrected chi connectivity index (χ1v) is 6.42. The number of hydrogen-bond donors (Lipinski definition) is 1. The Morgan fingerprint density at radius 1 is 1.00 bits per heavy atom. The van der Waals surface area contributed by atoms with Crippen LogP contribution in [0.15, 0.2) is 21.8 Å². The van der Waals surface area contributed by atoms with Crippen LogP contribution in [-0.4, -0.2) is 10.7 Å². The van der Waals surface area contributed by atoms with Crippen LogP contribution in [0.3, 0.4) is 0 Å². The molecule has 3 nitrogen and oxygen atoms in total. The molecule has 0 aromatic carbocycles. The van der Waals surface area contributed by atoms with Crippen molar-refractivity contribution in [3.05, 3.63) is 39.4 Å². The van der Waals surface area contributed by atoms with Gasteiger partial charge < -0.3 is 4.98 Å². The van der Waals surface area contributed by atoms with E-state index in [0.717, 1.165) is 33.9 Å². The Bertz CT molecular complexity index is 688. The van der Waals surface area contributed by atoms with E-state index in [1.54, 1.807) is 0 Å². The van der Waals surface area contributed by atoms with Gasteiger partial charge in [0, 0.05) is 11.4 Å². The van der Waals surface area contributed by atoms with Crippen LogP contribution in [0, 0.1) is 32.1 Å². The molecule has 0 saturated carbocycles. The quantitative estimate of drug-likeness (QED) is 0.756. The van der Waals surface area contributed by atoms with Gasteiger partial charge >= 0.3 is 0 Å². The summed E-state index contributed by atoms with van der Waals surface area (Å²) in [5, 5.41) is 9.54. The van der Waals surface area contributed by atoms with E-state index in [0.29, 0.717) is 5.57 Å². The van der Waals surface area contributed by atoms with E-state index in [-0.39, 0.29) is 0 Å². The molecule has 1 N–H and O–H groups in total. The second-order valence-electron chi connectivity index (χ2n) is 5.16. The Morgan fingerprint density at radius 3 is 2.00 bits per heavy atom. The number of aliphatic imine (C=N–C) groups is 1. The Balaban J connectivity index is 2.73. The lowest BCUT2D eigenvalue weighted by molar-refractivity contribution is 1.20. The number of allylic oxidation sites excluding steroid dienone is 3. The van der Waals surface area contributed by atoms with Gasteiger partial charge in [-0.3, -0.25) is 4.99 Å². The lowest BCUT2D eigenvalue weighted by Crippen LogP contribution is -1.91. The summed E-state index contributed by atoms with van der Waals surface area (Å²) in [5.41, 5.74) is 9.06. The van der Waals surface area contributed by atoms with Crippen molar-refractivity contribution in [3.8, 4) is 6.07 Å². The molecular formula is C16H19N3. The number of aromatic nitrogens is 1. The summed E-state index contributed by atoms with van der Waals surface area (Å²) in [6, 6.07) is 2.32. The first-order chi connectivity index (χ1) is 8.88. The van der Waals surface area contributed by atoms with Crippen molar-refractivity contribution >= 4 is 11.3 Å². The van der Waals surface area contributed by atoms with Gasteiger partial charge in [0.2, 0.25) is 0 Å². The molecule has 1 aromatic rings. The molecule has 0 aliphatic carbocycles. The van der Waals surface area contributed by atoms with Crippen molar-refractivity contribution in [1.29, 1.82) is 5.26 Å². The minimum absolute atomic E-state index is 0.641. The molecule has 3 heteroatoms. The molecule has 2 heterocycles. The Kier molecular flexibility index (Phi) is 3.20. The molecule has 0 saturated heterocycles. The smallest absolute Gasteiger partial charge is 0.104 e. The van der Waals surface area contributed by atoms with Gasteiger partial charge in [-0.25, -0.2) is 0 Å². The third-order valence-corrected chi connectivity index (χ3v) is 4.15. The molecule has 19 heavy (non-hydrogen) atoms. The number of aryl methyl sites for hydroxylation is 1. The summed E-state index contributed by atoms with van der Waals surface area (Å²) < 4.78 is 0. The normalized spacial score (nSPS) is 17.6. The zero-order chi connectivity index (χ0) is 14.3. The van der Waals surface area contributed by atoms with Crippen molar-refractivity contribution in [2.75, 3.05) is 0 Å². The van der Waals surface area contributed by atoms with E-state index in [1.807, 2.05) is 34.6 Å². The van der Waals surface area contributed by atoms with Gasteiger partial charge in [-0.2, -0.15) is 5.26 Å². The third kappa shape index (κ3) is 1.94. The first kappa shape index (κ1) is 13.4. The van der Waals surface area contributed by atoms with Crippen molar-refractivity contribution in [2.24, 2.45) is 4.99 Å². The summed E-state index contributed by atoms with van der Waals surface area (Å²) in [4.78, 5) is 7.88. The molecule has 0 amide bonds. The first-order valence-electron chi connectivity index (χ1n) is 6.42. The zero-order valence-corrected chi connectivity index (χ0v) is 12.4. The molecule has 0 atom stereocenters. The predicted molar refractivity (Wildman–Crippen MR) is 79.0 cm³/mol. The predicted octanol–water partition coefficient (Wildman–Crippen LogP) is 3.99. The molecule has 2 rings (SSSR count). The lowest BCUT2D eigenvalue weighted by Gasteiger charge is -2.04. The number of H-pyrrole nitrogens is 1. The summed E-state index contributed by atoms with van der Waals surface area (Å²) in [7, 11) is 0. The van der Waals surface area contributed by atoms with Gasteiger partial charge in [-0.1, -0.05) is 0 Å². The number of nitriles is 1. The van der Waals surface area contributed by atoms with Crippen molar-refractivity contribution in [1.82, 2.24) is 4.98 Å². The van der Waals surface area contributed by atoms with Crippen LogP contribution in [0.5, 0.6) is 0 Å². The van der Waals surface area contributed by atoms with Crippen LogP contribution < -0.4 is 0 Å². The maximum absolute atomic E-state index is 9.54. The average molecular weight is 253 g/mol. The van der Waals surface area contributed by atoms with E-state index in [9.17, 15) is 5.26 Å². The summed E-state index contributed by atoms with van der Waals surface area (Å²) in [6.07, 6.45) is 0. The zero-order valence-electron chi connectivity index (χ0n) is 12.4. The Hall–Kier alpha value is -2.08. The maximum atomic E-state index is 9.54. The minimum atomic E-state index is 0.641. The largest absolute Gasteiger partial charge is 0.358 e. The Labute approximate surface area is 114 Å². The van der Waals surface area contributed by atoms with E-state index in [1.165, 1.54) is 11.1 Å². The van der Waals surface area contributed by atoms with Gasteiger partial charge in [0.1, 0.15) is 11.6 Å². The highest BCUT2D eigenvalue weighted by atomic mass is 14.8. The van der Waals surface area contributed by atoms with Gasteiger partial charge in [0.05, 0.1) is 11.4 Å². The van der Waals surface area contributed by atoms with E-state index >= 15 is 0 Å². The monoisotopic (exact) mass is 253 g/mol. The fourth-order valence-electron chi connectivity index (χ4n) is 2.35. The topological polar surface area (TPSA) is 51.9 Å². The number of nitrogens with zero attached hydrogens (tertiary/aromatic N) is 2. The fraction of sp³-hybridized carbons (Fsp3) is 0.375. The van der Waals surface area contributed by atoms with E-state index in [2.05, 4.69) is 23.0 Å². The van der Waals surface area contributed by atoms with E-state index < -0.39 is 0 Å². The molecule has 0 fully saturated rings. The van der Waals surface area contributed by atoms with Crippen molar-refractivity contribution in [3.63, 3.8) is 0 Å². The second-order valence-corrected chi connectivity index (χ2v) is 5.16.